The summed E-state index contributed by atoms with van der Waals surface area (Å²) >= 11 is 0. The molecule has 1 aromatic rings. The summed E-state index contributed by atoms with van der Waals surface area (Å²) in [6.45, 7) is 2.42. The van der Waals surface area contributed by atoms with Gasteiger partial charge in [0.05, 0.1) is 0 Å². The number of benzene rings is 1. The molecule has 0 aliphatic heterocycles. The van der Waals surface area contributed by atoms with Crippen LogP contribution in [0.2, 0.25) is 0 Å². The van der Waals surface area contributed by atoms with E-state index in [9.17, 15) is 0 Å². The molecule has 21 heavy (non-hydrogen) atoms. The minimum atomic E-state index is 0.321. The monoisotopic (exact) mass is 288 g/mol. The first kappa shape index (κ1) is 16.5. The van der Waals surface area contributed by atoms with Crippen molar-refractivity contribution in [1.82, 2.24) is 10.2 Å². The van der Waals surface area contributed by atoms with Crippen LogP contribution in [0.3, 0.4) is 0 Å². The Balaban J connectivity index is 2.09. The molecule has 1 fully saturated rings. The van der Waals surface area contributed by atoms with Gasteiger partial charge in [0.15, 0.2) is 0 Å². The number of hydrogen-bond donors (Lipinski definition) is 1. The molecular weight excluding hydrogens is 256 g/mol. The zero-order valence-electron chi connectivity index (χ0n) is 14.2. The molecule has 3 unspecified atom stereocenters. The standard InChI is InChI=1S/C19H32N2/c1-16-9-8-14-19(15-16,21(3)4)18(20-2)13-12-17-10-6-5-7-11-17/h5-7,10-11,16,18,20H,8-9,12-15H2,1-4H3. The lowest BCUT2D eigenvalue weighted by Crippen LogP contribution is -2.60. The van der Waals surface area contributed by atoms with Gasteiger partial charge >= 0.3 is 0 Å². The molecule has 1 aliphatic carbocycles. The zero-order valence-corrected chi connectivity index (χ0v) is 14.2. The molecular formula is C19H32N2. The smallest absolute Gasteiger partial charge is 0.0358 e. The average molecular weight is 288 g/mol. The lowest BCUT2D eigenvalue weighted by atomic mass is 9.70. The van der Waals surface area contributed by atoms with Gasteiger partial charge in [0.1, 0.15) is 0 Å². The van der Waals surface area contributed by atoms with E-state index in [0.29, 0.717) is 11.6 Å². The molecule has 0 radical (unpaired) electrons. The lowest BCUT2D eigenvalue weighted by Gasteiger charge is -2.50. The second-order valence-corrected chi connectivity index (χ2v) is 7.07. The minimum Gasteiger partial charge on any atom is -0.315 e. The summed E-state index contributed by atoms with van der Waals surface area (Å²) in [6, 6.07) is 11.5. The summed E-state index contributed by atoms with van der Waals surface area (Å²) in [5, 5.41) is 3.64. The summed E-state index contributed by atoms with van der Waals surface area (Å²) in [7, 11) is 6.68. The molecule has 2 heteroatoms. The molecule has 0 spiro atoms. The molecule has 0 saturated heterocycles. The van der Waals surface area contributed by atoms with Gasteiger partial charge in [-0.05, 0) is 58.3 Å². The molecule has 0 aromatic heterocycles. The average Bonchev–Trinajstić information content (AvgIpc) is 2.48. The highest BCUT2D eigenvalue weighted by atomic mass is 15.2. The maximum Gasteiger partial charge on any atom is 0.0358 e. The van der Waals surface area contributed by atoms with Crippen LogP contribution in [0.25, 0.3) is 0 Å². The third-order valence-corrected chi connectivity index (χ3v) is 5.46. The maximum absolute atomic E-state index is 3.64. The number of rotatable bonds is 6. The molecule has 0 heterocycles. The number of likely N-dealkylation sites (N-methyl/N-ethyl adjacent to an activating group) is 2. The Morgan fingerprint density at radius 1 is 1.29 bits per heavy atom. The van der Waals surface area contributed by atoms with Crippen LogP contribution in [-0.4, -0.2) is 37.6 Å². The predicted octanol–water partition coefficient (Wildman–Crippen LogP) is 3.72. The molecule has 0 bridgehead atoms. The van der Waals surface area contributed by atoms with Gasteiger partial charge in [0, 0.05) is 11.6 Å². The van der Waals surface area contributed by atoms with Crippen molar-refractivity contribution in [2.24, 2.45) is 5.92 Å². The normalized spacial score (nSPS) is 27.8. The molecule has 2 rings (SSSR count). The van der Waals surface area contributed by atoms with Crippen molar-refractivity contribution in [2.45, 2.75) is 57.0 Å². The Morgan fingerprint density at radius 3 is 2.57 bits per heavy atom. The van der Waals surface area contributed by atoms with Gasteiger partial charge in [-0.3, -0.25) is 0 Å². The first-order valence-electron chi connectivity index (χ1n) is 8.47. The van der Waals surface area contributed by atoms with Gasteiger partial charge in [-0.25, -0.2) is 0 Å². The van der Waals surface area contributed by atoms with E-state index in [1.165, 1.54) is 37.7 Å². The van der Waals surface area contributed by atoms with E-state index in [4.69, 9.17) is 0 Å². The summed E-state index contributed by atoms with van der Waals surface area (Å²) < 4.78 is 0. The van der Waals surface area contributed by atoms with E-state index < -0.39 is 0 Å². The van der Waals surface area contributed by atoms with Crippen LogP contribution in [0.4, 0.5) is 0 Å². The largest absolute Gasteiger partial charge is 0.315 e. The van der Waals surface area contributed by atoms with Gasteiger partial charge < -0.3 is 10.2 Å². The fraction of sp³-hybridized carbons (Fsp3) is 0.684. The van der Waals surface area contributed by atoms with Gasteiger partial charge in [-0.2, -0.15) is 0 Å². The first-order chi connectivity index (χ1) is 10.1. The molecule has 1 aliphatic rings. The van der Waals surface area contributed by atoms with Crippen LogP contribution < -0.4 is 5.32 Å². The fourth-order valence-electron chi connectivity index (χ4n) is 4.24. The van der Waals surface area contributed by atoms with Gasteiger partial charge in [0.2, 0.25) is 0 Å². The fourth-order valence-corrected chi connectivity index (χ4v) is 4.24. The Labute approximate surface area is 130 Å². The zero-order chi connectivity index (χ0) is 15.3. The summed E-state index contributed by atoms with van der Waals surface area (Å²) in [6.07, 6.45) is 7.78. The number of hydrogen-bond acceptors (Lipinski definition) is 2. The van der Waals surface area contributed by atoms with Crippen molar-refractivity contribution in [3.63, 3.8) is 0 Å². The number of nitrogens with zero attached hydrogens (tertiary/aromatic N) is 1. The lowest BCUT2D eigenvalue weighted by molar-refractivity contribution is 0.0370. The van der Waals surface area contributed by atoms with Crippen molar-refractivity contribution >= 4 is 0 Å². The van der Waals surface area contributed by atoms with E-state index in [2.05, 4.69) is 68.6 Å². The number of aryl methyl sites for hydroxylation is 1. The van der Waals surface area contributed by atoms with E-state index in [0.717, 1.165) is 12.3 Å². The molecule has 2 nitrogen and oxygen atoms in total. The highest BCUT2D eigenvalue weighted by Crippen LogP contribution is 2.39. The molecule has 1 saturated carbocycles. The van der Waals surface area contributed by atoms with Crippen LogP contribution in [0, 0.1) is 5.92 Å². The SMILES string of the molecule is CNC(CCc1ccccc1)C1(N(C)C)CCCC(C)C1. The Morgan fingerprint density at radius 2 is 2.00 bits per heavy atom. The third-order valence-electron chi connectivity index (χ3n) is 5.46. The van der Waals surface area contributed by atoms with Crippen molar-refractivity contribution < 1.29 is 0 Å². The molecule has 3 atom stereocenters. The number of nitrogens with one attached hydrogen (secondary N) is 1. The van der Waals surface area contributed by atoms with Crippen molar-refractivity contribution in [3.8, 4) is 0 Å². The van der Waals surface area contributed by atoms with Gasteiger partial charge in [-0.15, -0.1) is 0 Å². The van der Waals surface area contributed by atoms with E-state index in [-0.39, 0.29) is 0 Å². The van der Waals surface area contributed by atoms with E-state index in [1.807, 2.05) is 0 Å². The third kappa shape index (κ3) is 3.87. The van der Waals surface area contributed by atoms with E-state index in [1.54, 1.807) is 0 Å². The van der Waals surface area contributed by atoms with Crippen LogP contribution in [-0.2, 0) is 6.42 Å². The summed E-state index contributed by atoms with van der Waals surface area (Å²) in [5.41, 5.74) is 1.77. The van der Waals surface area contributed by atoms with Crippen molar-refractivity contribution in [2.75, 3.05) is 21.1 Å². The minimum absolute atomic E-state index is 0.321. The highest BCUT2D eigenvalue weighted by Gasteiger charge is 2.42. The Hall–Kier alpha value is -0.860. The molecule has 0 amide bonds. The maximum atomic E-state index is 3.64. The Kier molecular flexibility index (Phi) is 5.83. The molecule has 118 valence electrons. The predicted molar refractivity (Wildman–Crippen MR) is 91.7 cm³/mol. The quantitative estimate of drug-likeness (QED) is 0.858. The van der Waals surface area contributed by atoms with Crippen LogP contribution >= 0.6 is 0 Å². The van der Waals surface area contributed by atoms with Gasteiger partial charge in [0.25, 0.3) is 0 Å². The van der Waals surface area contributed by atoms with Crippen LogP contribution in [0.5, 0.6) is 0 Å². The second kappa shape index (κ2) is 7.42. The van der Waals surface area contributed by atoms with Crippen molar-refractivity contribution in [3.05, 3.63) is 35.9 Å². The van der Waals surface area contributed by atoms with Crippen LogP contribution in [0.15, 0.2) is 30.3 Å². The van der Waals surface area contributed by atoms with E-state index >= 15 is 0 Å². The van der Waals surface area contributed by atoms with Crippen molar-refractivity contribution in [1.29, 1.82) is 0 Å². The summed E-state index contributed by atoms with van der Waals surface area (Å²) in [4.78, 5) is 2.49. The topological polar surface area (TPSA) is 15.3 Å². The molecule has 1 aromatic carbocycles. The Bertz CT molecular complexity index is 415. The molecule has 1 N–H and O–H groups in total. The second-order valence-electron chi connectivity index (χ2n) is 7.07. The first-order valence-corrected chi connectivity index (χ1v) is 8.47. The summed E-state index contributed by atoms with van der Waals surface area (Å²) in [5.74, 6) is 0.841. The highest BCUT2D eigenvalue weighted by molar-refractivity contribution is 5.15. The van der Waals surface area contributed by atoms with Crippen LogP contribution in [0.1, 0.15) is 44.6 Å². The van der Waals surface area contributed by atoms with Gasteiger partial charge in [-0.1, -0.05) is 50.1 Å².